The molecule has 0 amide bonds. The lowest BCUT2D eigenvalue weighted by atomic mass is 10.2. The van der Waals surface area contributed by atoms with Gasteiger partial charge in [0.25, 0.3) is 0 Å². The molecule has 0 unspecified atom stereocenters. The maximum atomic E-state index is 5.40. The van der Waals surface area contributed by atoms with Crippen LogP contribution >= 0.6 is 0 Å². The molecule has 25 heavy (non-hydrogen) atoms. The van der Waals surface area contributed by atoms with Crippen LogP contribution in [0.1, 0.15) is 11.1 Å². The lowest BCUT2D eigenvalue weighted by Crippen LogP contribution is -2.36. The molecule has 0 aliphatic carbocycles. The summed E-state index contributed by atoms with van der Waals surface area (Å²) in [4.78, 5) is 6.35. The van der Waals surface area contributed by atoms with Crippen LogP contribution in [0.25, 0.3) is 0 Å². The van der Waals surface area contributed by atoms with E-state index in [0.717, 1.165) is 23.0 Å². The second kappa shape index (κ2) is 7.79. The van der Waals surface area contributed by atoms with E-state index in [4.69, 9.17) is 9.47 Å². The first kappa shape index (κ1) is 17.0. The van der Waals surface area contributed by atoms with Crippen LogP contribution < -0.4 is 25.0 Å². The highest BCUT2D eigenvalue weighted by Gasteiger charge is 2.13. The molecule has 0 saturated heterocycles. The van der Waals surface area contributed by atoms with Crippen LogP contribution in [-0.2, 0) is 13.1 Å². The monoisotopic (exact) mass is 340 g/mol. The van der Waals surface area contributed by atoms with E-state index in [9.17, 15) is 0 Å². The Morgan fingerprint density at radius 2 is 1.60 bits per heavy atom. The fourth-order valence-electron chi connectivity index (χ4n) is 2.56. The van der Waals surface area contributed by atoms with E-state index < -0.39 is 0 Å². The van der Waals surface area contributed by atoms with E-state index in [1.807, 2.05) is 32.3 Å². The van der Waals surface area contributed by atoms with Gasteiger partial charge in [-0.2, -0.15) is 0 Å². The summed E-state index contributed by atoms with van der Waals surface area (Å²) >= 11 is 0. The SMILES string of the molecule is CN=C(NCc1ccc(N(C)C)cc1)NCc1ccc2c(c1)OCO2. The summed E-state index contributed by atoms with van der Waals surface area (Å²) in [5.41, 5.74) is 3.51. The van der Waals surface area contributed by atoms with Gasteiger partial charge in [-0.05, 0) is 35.4 Å². The van der Waals surface area contributed by atoms with Crippen molar-refractivity contribution >= 4 is 11.6 Å². The van der Waals surface area contributed by atoms with E-state index in [-0.39, 0.29) is 0 Å². The fourth-order valence-corrected chi connectivity index (χ4v) is 2.56. The summed E-state index contributed by atoms with van der Waals surface area (Å²) in [7, 11) is 5.84. The molecule has 0 spiro atoms. The van der Waals surface area contributed by atoms with Crippen LogP contribution in [-0.4, -0.2) is 33.9 Å². The highest BCUT2D eigenvalue weighted by atomic mass is 16.7. The average Bonchev–Trinajstić information content (AvgIpc) is 3.10. The summed E-state index contributed by atoms with van der Waals surface area (Å²) in [6, 6.07) is 14.4. The third-order valence-electron chi connectivity index (χ3n) is 4.03. The second-order valence-electron chi connectivity index (χ2n) is 6.03. The van der Waals surface area contributed by atoms with Gasteiger partial charge in [-0.25, -0.2) is 0 Å². The van der Waals surface area contributed by atoms with Crippen LogP contribution in [0, 0.1) is 0 Å². The first-order valence-electron chi connectivity index (χ1n) is 8.25. The number of fused-ring (bicyclic) bond motifs is 1. The molecule has 6 heteroatoms. The number of anilines is 1. The Labute approximate surface area is 148 Å². The summed E-state index contributed by atoms with van der Waals surface area (Å²) in [6.07, 6.45) is 0. The van der Waals surface area contributed by atoms with E-state index in [2.05, 4.69) is 44.8 Å². The first-order valence-corrected chi connectivity index (χ1v) is 8.25. The Hall–Kier alpha value is -2.89. The maximum absolute atomic E-state index is 5.40. The van der Waals surface area contributed by atoms with Gasteiger partial charge in [-0.3, -0.25) is 4.99 Å². The summed E-state index contributed by atoms with van der Waals surface area (Å²) in [6.45, 7) is 1.67. The number of benzene rings is 2. The van der Waals surface area contributed by atoms with Gasteiger partial charge in [-0.15, -0.1) is 0 Å². The molecule has 132 valence electrons. The van der Waals surface area contributed by atoms with Gasteiger partial charge >= 0.3 is 0 Å². The topological polar surface area (TPSA) is 58.1 Å². The Morgan fingerprint density at radius 3 is 2.28 bits per heavy atom. The molecule has 0 bridgehead atoms. The van der Waals surface area contributed by atoms with Crippen LogP contribution in [0.4, 0.5) is 5.69 Å². The van der Waals surface area contributed by atoms with E-state index in [0.29, 0.717) is 19.9 Å². The molecular weight excluding hydrogens is 316 g/mol. The number of nitrogens with one attached hydrogen (secondary N) is 2. The van der Waals surface area contributed by atoms with Gasteiger partial charge in [0.05, 0.1) is 0 Å². The van der Waals surface area contributed by atoms with Crippen LogP contribution in [0.15, 0.2) is 47.5 Å². The quantitative estimate of drug-likeness (QED) is 0.646. The van der Waals surface area contributed by atoms with E-state index in [1.54, 1.807) is 7.05 Å². The van der Waals surface area contributed by atoms with Gasteiger partial charge < -0.3 is 25.0 Å². The molecule has 0 atom stereocenters. The van der Waals surface area contributed by atoms with Gasteiger partial charge in [0.1, 0.15) is 0 Å². The maximum Gasteiger partial charge on any atom is 0.231 e. The van der Waals surface area contributed by atoms with Crippen molar-refractivity contribution in [2.45, 2.75) is 13.1 Å². The van der Waals surface area contributed by atoms with Crippen molar-refractivity contribution < 1.29 is 9.47 Å². The van der Waals surface area contributed by atoms with Gasteiger partial charge in [0, 0.05) is 39.9 Å². The Morgan fingerprint density at radius 1 is 0.960 bits per heavy atom. The zero-order valence-corrected chi connectivity index (χ0v) is 14.9. The van der Waals surface area contributed by atoms with Crippen molar-refractivity contribution in [3.63, 3.8) is 0 Å². The number of aliphatic imine (C=N–C) groups is 1. The molecule has 2 aromatic carbocycles. The molecule has 2 aromatic rings. The van der Waals surface area contributed by atoms with Gasteiger partial charge in [0.15, 0.2) is 17.5 Å². The zero-order valence-electron chi connectivity index (χ0n) is 14.9. The van der Waals surface area contributed by atoms with Crippen molar-refractivity contribution in [2.24, 2.45) is 4.99 Å². The molecule has 0 fully saturated rings. The lowest BCUT2D eigenvalue weighted by molar-refractivity contribution is 0.174. The number of hydrogen-bond donors (Lipinski definition) is 2. The summed E-state index contributed by atoms with van der Waals surface area (Å²) in [5.74, 6) is 2.35. The van der Waals surface area contributed by atoms with Crippen molar-refractivity contribution in [3.8, 4) is 11.5 Å². The molecular formula is C19H24N4O2. The Balaban J connectivity index is 1.51. The predicted molar refractivity (Wildman–Crippen MR) is 100 cm³/mol. The summed E-state index contributed by atoms with van der Waals surface area (Å²) in [5, 5.41) is 6.64. The summed E-state index contributed by atoms with van der Waals surface area (Å²) < 4.78 is 10.7. The normalized spacial score (nSPS) is 12.8. The first-order chi connectivity index (χ1) is 12.2. The molecule has 1 aliphatic rings. The largest absolute Gasteiger partial charge is 0.454 e. The number of ether oxygens (including phenoxy) is 2. The molecule has 3 rings (SSSR count). The lowest BCUT2D eigenvalue weighted by Gasteiger charge is -2.14. The molecule has 1 heterocycles. The van der Waals surface area contributed by atoms with Crippen molar-refractivity contribution in [2.75, 3.05) is 32.8 Å². The third-order valence-corrected chi connectivity index (χ3v) is 4.03. The third kappa shape index (κ3) is 4.35. The van der Waals surface area contributed by atoms with E-state index >= 15 is 0 Å². The number of guanidine groups is 1. The van der Waals surface area contributed by atoms with Gasteiger partial charge in [0.2, 0.25) is 6.79 Å². The zero-order chi connectivity index (χ0) is 17.6. The minimum absolute atomic E-state index is 0.294. The van der Waals surface area contributed by atoms with Crippen molar-refractivity contribution in [3.05, 3.63) is 53.6 Å². The smallest absolute Gasteiger partial charge is 0.231 e. The van der Waals surface area contributed by atoms with Crippen molar-refractivity contribution in [1.29, 1.82) is 0 Å². The standard InChI is InChI=1S/C19H24N4O2/c1-20-19(21-11-14-4-7-16(8-5-14)23(2)3)22-12-15-6-9-17-18(10-15)25-13-24-17/h4-10H,11-13H2,1-3H3,(H2,20,21,22). The van der Waals surface area contributed by atoms with Gasteiger partial charge in [-0.1, -0.05) is 18.2 Å². The van der Waals surface area contributed by atoms with Crippen LogP contribution in [0.5, 0.6) is 11.5 Å². The molecule has 0 radical (unpaired) electrons. The molecule has 1 aliphatic heterocycles. The minimum atomic E-state index is 0.294. The Kier molecular flexibility index (Phi) is 5.28. The molecule has 6 nitrogen and oxygen atoms in total. The highest BCUT2D eigenvalue weighted by Crippen LogP contribution is 2.32. The predicted octanol–water partition coefficient (Wildman–Crippen LogP) is 2.35. The van der Waals surface area contributed by atoms with Crippen molar-refractivity contribution in [1.82, 2.24) is 10.6 Å². The Bertz CT molecular complexity index is 742. The van der Waals surface area contributed by atoms with Crippen LogP contribution in [0.2, 0.25) is 0 Å². The fraction of sp³-hybridized carbons (Fsp3) is 0.316. The molecule has 0 aromatic heterocycles. The van der Waals surface area contributed by atoms with Crippen LogP contribution in [0.3, 0.4) is 0 Å². The number of nitrogens with zero attached hydrogens (tertiary/aromatic N) is 2. The van der Waals surface area contributed by atoms with E-state index in [1.165, 1.54) is 11.3 Å². The second-order valence-corrected chi connectivity index (χ2v) is 6.03. The highest BCUT2D eigenvalue weighted by molar-refractivity contribution is 5.79. The average molecular weight is 340 g/mol. The number of rotatable bonds is 5. The number of hydrogen-bond acceptors (Lipinski definition) is 4. The molecule has 2 N–H and O–H groups in total. The molecule has 0 saturated carbocycles. The minimum Gasteiger partial charge on any atom is -0.454 e.